The van der Waals surface area contributed by atoms with Gasteiger partial charge in [0, 0.05) is 31.6 Å². The zero-order valence-electron chi connectivity index (χ0n) is 12.1. The first-order valence-electron chi connectivity index (χ1n) is 6.72. The van der Waals surface area contributed by atoms with E-state index in [1.807, 2.05) is 33.0 Å². The lowest BCUT2D eigenvalue weighted by Crippen LogP contribution is -2.52. The number of nitrogens with zero attached hydrogens (tertiary/aromatic N) is 2. The second-order valence-corrected chi connectivity index (χ2v) is 7.59. The first-order valence-corrected chi connectivity index (χ1v) is 8.69. The van der Waals surface area contributed by atoms with E-state index in [2.05, 4.69) is 4.90 Å². The fourth-order valence-corrected chi connectivity index (χ4v) is 4.67. The lowest BCUT2D eigenvalue weighted by atomic mass is 10.2. The van der Waals surface area contributed by atoms with E-state index in [-0.39, 0.29) is 6.04 Å². The van der Waals surface area contributed by atoms with Crippen molar-refractivity contribution in [1.82, 2.24) is 9.21 Å². The Kier molecular flexibility index (Phi) is 4.74. The molecule has 0 bridgehead atoms. The predicted molar refractivity (Wildman–Crippen MR) is 81.6 cm³/mol. The molecule has 0 saturated carbocycles. The molecule has 1 fully saturated rings. The summed E-state index contributed by atoms with van der Waals surface area (Å²) in [6.45, 7) is 5.83. The molecule has 20 heavy (non-hydrogen) atoms. The van der Waals surface area contributed by atoms with E-state index >= 15 is 0 Å². The molecular formula is C14H21ClN2O2S. The van der Waals surface area contributed by atoms with Crippen molar-refractivity contribution in [1.29, 1.82) is 0 Å². The van der Waals surface area contributed by atoms with E-state index in [4.69, 9.17) is 11.6 Å². The number of hydrogen-bond acceptors (Lipinski definition) is 3. The summed E-state index contributed by atoms with van der Waals surface area (Å²) in [4.78, 5) is 2.53. The molecule has 4 nitrogen and oxygen atoms in total. The molecule has 1 atom stereocenters. The lowest BCUT2D eigenvalue weighted by Gasteiger charge is -2.37. The monoisotopic (exact) mass is 316 g/mol. The highest BCUT2D eigenvalue weighted by molar-refractivity contribution is 7.89. The van der Waals surface area contributed by atoms with Crippen molar-refractivity contribution >= 4 is 21.6 Å². The van der Waals surface area contributed by atoms with Gasteiger partial charge in [0.25, 0.3) is 0 Å². The van der Waals surface area contributed by atoms with Gasteiger partial charge in [-0.25, -0.2) is 8.42 Å². The zero-order valence-corrected chi connectivity index (χ0v) is 13.7. The molecule has 112 valence electrons. The molecule has 2 rings (SSSR count). The van der Waals surface area contributed by atoms with Crippen molar-refractivity contribution in [2.45, 2.75) is 30.7 Å². The van der Waals surface area contributed by atoms with Gasteiger partial charge >= 0.3 is 0 Å². The average molecular weight is 317 g/mol. The Morgan fingerprint density at radius 2 is 2.05 bits per heavy atom. The van der Waals surface area contributed by atoms with Gasteiger partial charge in [0.2, 0.25) is 10.0 Å². The van der Waals surface area contributed by atoms with Crippen LogP contribution in [0.1, 0.15) is 18.1 Å². The summed E-state index contributed by atoms with van der Waals surface area (Å²) in [6.07, 6.45) is 0. The third-order valence-corrected chi connectivity index (χ3v) is 6.23. The maximum atomic E-state index is 12.9. The van der Waals surface area contributed by atoms with Crippen LogP contribution >= 0.6 is 11.6 Å². The Hall–Kier alpha value is -0.620. The summed E-state index contributed by atoms with van der Waals surface area (Å²) < 4.78 is 27.3. The number of alkyl halides is 1. The second kappa shape index (κ2) is 6.02. The number of sulfonamides is 1. The van der Waals surface area contributed by atoms with Crippen LogP contribution in [0.5, 0.6) is 0 Å². The van der Waals surface area contributed by atoms with Crippen molar-refractivity contribution in [2.75, 3.05) is 26.7 Å². The van der Waals surface area contributed by atoms with Crippen molar-refractivity contribution in [3.8, 4) is 0 Å². The van der Waals surface area contributed by atoms with Crippen molar-refractivity contribution in [3.63, 3.8) is 0 Å². The molecule has 6 heteroatoms. The van der Waals surface area contributed by atoms with Crippen LogP contribution in [0.4, 0.5) is 0 Å². The molecule has 1 heterocycles. The van der Waals surface area contributed by atoms with Crippen LogP contribution in [-0.4, -0.2) is 50.3 Å². The third-order valence-electron chi connectivity index (χ3n) is 3.76. The molecule has 1 aromatic rings. The molecule has 0 aliphatic carbocycles. The molecule has 0 radical (unpaired) electrons. The summed E-state index contributed by atoms with van der Waals surface area (Å²) in [7, 11) is -1.44. The van der Waals surface area contributed by atoms with Gasteiger partial charge in [0.15, 0.2) is 0 Å². The Balaban J connectivity index is 2.40. The van der Waals surface area contributed by atoms with Crippen LogP contribution in [0.15, 0.2) is 23.1 Å². The number of piperazine rings is 1. The van der Waals surface area contributed by atoms with E-state index in [0.717, 1.165) is 24.2 Å². The highest BCUT2D eigenvalue weighted by atomic mass is 35.5. The largest absolute Gasteiger partial charge is 0.303 e. The van der Waals surface area contributed by atoms with E-state index in [1.54, 1.807) is 10.4 Å². The SMILES string of the molecule is Cc1ccc(CCl)cc1S(=O)(=O)N1CCN(C)CC1C. The number of hydrogen-bond donors (Lipinski definition) is 0. The summed E-state index contributed by atoms with van der Waals surface area (Å²) in [5.74, 6) is 0.321. The van der Waals surface area contributed by atoms with Gasteiger partial charge in [-0.1, -0.05) is 12.1 Å². The molecule has 1 aromatic carbocycles. The first-order chi connectivity index (χ1) is 9.36. The molecule has 0 spiro atoms. The topological polar surface area (TPSA) is 40.6 Å². The van der Waals surface area contributed by atoms with Gasteiger partial charge in [-0.15, -0.1) is 11.6 Å². The average Bonchev–Trinajstić information content (AvgIpc) is 2.38. The summed E-state index contributed by atoms with van der Waals surface area (Å²) in [6, 6.07) is 5.38. The van der Waals surface area contributed by atoms with Crippen LogP contribution in [0.3, 0.4) is 0 Å². The van der Waals surface area contributed by atoms with Gasteiger partial charge in [0.05, 0.1) is 4.90 Å². The van der Waals surface area contributed by atoms with Crippen LogP contribution < -0.4 is 0 Å². The predicted octanol–water partition coefficient (Wildman–Crippen LogP) is 2.06. The summed E-state index contributed by atoms with van der Waals surface area (Å²) in [5, 5.41) is 0. The molecule has 0 N–H and O–H groups in total. The van der Waals surface area contributed by atoms with E-state index in [1.165, 1.54) is 0 Å². The molecule has 0 amide bonds. The molecular weight excluding hydrogens is 296 g/mol. The van der Waals surface area contributed by atoms with Crippen LogP contribution in [0, 0.1) is 6.92 Å². The quantitative estimate of drug-likeness (QED) is 0.801. The number of halogens is 1. The van der Waals surface area contributed by atoms with Crippen molar-refractivity contribution < 1.29 is 8.42 Å². The Labute approximate surface area is 126 Å². The Morgan fingerprint density at radius 3 is 2.65 bits per heavy atom. The van der Waals surface area contributed by atoms with E-state index in [9.17, 15) is 8.42 Å². The van der Waals surface area contributed by atoms with Gasteiger partial charge in [-0.3, -0.25) is 0 Å². The number of benzene rings is 1. The summed E-state index contributed by atoms with van der Waals surface area (Å²) in [5.41, 5.74) is 1.60. The molecule has 1 aliphatic heterocycles. The van der Waals surface area contributed by atoms with Crippen molar-refractivity contribution in [3.05, 3.63) is 29.3 Å². The minimum atomic E-state index is -3.45. The molecule has 1 unspecified atom stereocenters. The maximum absolute atomic E-state index is 12.9. The fraction of sp³-hybridized carbons (Fsp3) is 0.571. The number of aryl methyl sites for hydroxylation is 1. The lowest BCUT2D eigenvalue weighted by molar-refractivity contribution is 0.170. The fourth-order valence-electron chi connectivity index (χ4n) is 2.61. The van der Waals surface area contributed by atoms with Crippen LogP contribution in [0.2, 0.25) is 0 Å². The first kappa shape index (κ1) is 15.8. The van der Waals surface area contributed by atoms with Gasteiger partial charge < -0.3 is 4.90 Å². The highest BCUT2D eigenvalue weighted by Crippen LogP contribution is 2.25. The van der Waals surface area contributed by atoms with E-state index < -0.39 is 10.0 Å². The van der Waals surface area contributed by atoms with E-state index in [0.29, 0.717) is 17.3 Å². The highest BCUT2D eigenvalue weighted by Gasteiger charge is 2.33. The van der Waals surface area contributed by atoms with Gasteiger partial charge in [-0.2, -0.15) is 4.31 Å². The maximum Gasteiger partial charge on any atom is 0.243 e. The molecule has 0 aromatic heterocycles. The zero-order chi connectivity index (χ0) is 14.9. The van der Waals surface area contributed by atoms with Gasteiger partial charge in [0.1, 0.15) is 0 Å². The third kappa shape index (κ3) is 3.01. The Bertz CT molecular complexity index is 589. The summed E-state index contributed by atoms with van der Waals surface area (Å²) >= 11 is 5.82. The number of rotatable bonds is 3. The van der Waals surface area contributed by atoms with Crippen LogP contribution in [-0.2, 0) is 15.9 Å². The van der Waals surface area contributed by atoms with Gasteiger partial charge in [-0.05, 0) is 38.1 Å². The Morgan fingerprint density at radius 1 is 1.35 bits per heavy atom. The van der Waals surface area contributed by atoms with Crippen LogP contribution in [0.25, 0.3) is 0 Å². The standard InChI is InChI=1S/C14H21ClN2O2S/c1-11-4-5-13(9-15)8-14(11)20(18,19)17-7-6-16(3)10-12(17)2/h4-5,8,12H,6-7,9-10H2,1-3H3. The smallest absolute Gasteiger partial charge is 0.243 e. The number of likely N-dealkylation sites (N-methyl/N-ethyl adjacent to an activating group) is 1. The minimum absolute atomic E-state index is 0.0159. The molecule has 1 saturated heterocycles. The minimum Gasteiger partial charge on any atom is -0.303 e. The van der Waals surface area contributed by atoms with Crippen molar-refractivity contribution in [2.24, 2.45) is 0 Å². The molecule has 1 aliphatic rings. The second-order valence-electron chi connectivity index (χ2n) is 5.46. The normalized spacial score (nSPS) is 22.1.